The maximum Gasteiger partial charge on any atom is 0.434 e. The molecule has 0 saturated carbocycles. The van der Waals surface area contributed by atoms with Gasteiger partial charge in [-0.15, -0.1) is 12.4 Å². The molecule has 0 radical (unpaired) electrons. The molecule has 0 bridgehead atoms. The highest BCUT2D eigenvalue weighted by Crippen LogP contribution is 2.33. The van der Waals surface area contributed by atoms with Gasteiger partial charge in [0.1, 0.15) is 11.6 Å². The van der Waals surface area contributed by atoms with E-state index in [2.05, 4.69) is 9.97 Å². The highest BCUT2D eigenvalue weighted by Gasteiger charge is 2.39. The molecule has 5 nitrogen and oxygen atoms in total. The van der Waals surface area contributed by atoms with Gasteiger partial charge in [0, 0.05) is 56.6 Å². The van der Waals surface area contributed by atoms with Crippen molar-refractivity contribution < 1.29 is 26.7 Å². The maximum absolute atomic E-state index is 13.6. The average Bonchev–Trinajstić information content (AvgIpc) is 2.96. The molecule has 0 spiro atoms. The summed E-state index contributed by atoms with van der Waals surface area (Å²) in [5.74, 6) is -2.11. The Balaban J connectivity index is 0.00000306. The van der Waals surface area contributed by atoms with Crippen molar-refractivity contribution in [2.45, 2.75) is 19.1 Å². The zero-order valence-corrected chi connectivity index (χ0v) is 18.1. The number of aromatic nitrogens is 2. The summed E-state index contributed by atoms with van der Waals surface area (Å²) in [5.41, 5.74) is -1.18. The molecule has 1 aliphatic rings. The Labute approximate surface area is 192 Å². The zero-order valence-electron chi connectivity index (χ0n) is 17.3. The number of halogens is 6. The summed E-state index contributed by atoms with van der Waals surface area (Å²) in [4.78, 5) is 23.9. The van der Waals surface area contributed by atoms with Gasteiger partial charge in [0.25, 0.3) is 5.91 Å². The molecule has 1 amide bonds. The van der Waals surface area contributed by atoms with Crippen LogP contribution in [0.25, 0.3) is 10.9 Å². The number of carbonyl (C=O) groups is 1. The lowest BCUT2D eigenvalue weighted by atomic mass is 10.1. The topological polar surface area (TPSA) is 49.3 Å². The van der Waals surface area contributed by atoms with Crippen LogP contribution in [0, 0.1) is 11.6 Å². The molecule has 1 aromatic carbocycles. The molecule has 0 aliphatic carbocycles. The first-order valence-corrected chi connectivity index (χ1v) is 9.99. The molecule has 3 aromatic rings. The third kappa shape index (κ3) is 5.75. The number of pyridine rings is 2. The van der Waals surface area contributed by atoms with Crippen LogP contribution in [0.4, 0.5) is 22.0 Å². The van der Waals surface area contributed by atoms with Gasteiger partial charge >= 0.3 is 6.18 Å². The largest absolute Gasteiger partial charge is 0.434 e. The number of carbonyl (C=O) groups excluding carboxylic acids is 1. The molecule has 0 unspecified atom stereocenters. The van der Waals surface area contributed by atoms with E-state index in [9.17, 15) is 26.7 Å². The predicted molar refractivity (Wildman–Crippen MR) is 114 cm³/mol. The molecule has 176 valence electrons. The molecule has 3 heterocycles. The maximum atomic E-state index is 13.6. The van der Waals surface area contributed by atoms with Crippen LogP contribution >= 0.6 is 12.4 Å². The van der Waals surface area contributed by atoms with Crippen LogP contribution in [0.2, 0.25) is 0 Å². The van der Waals surface area contributed by atoms with Crippen LogP contribution in [0.15, 0.2) is 42.7 Å². The van der Waals surface area contributed by atoms with Gasteiger partial charge in [0.15, 0.2) is 5.69 Å². The molecule has 1 fully saturated rings. The van der Waals surface area contributed by atoms with Gasteiger partial charge in [-0.25, -0.2) is 13.8 Å². The lowest BCUT2D eigenvalue weighted by Gasteiger charge is -2.23. The monoisotopic (exact) mass is 486 g/mol. The minimum absolute atomic E-state index is 0. The second-order valence-electron chi connectivity index (χ2n) is 7.65. The van der Waals surface area contributed by atoms with E-state index in [1.807, 2.05) is 4.90 Å². The van der Waals surface area contributed by atoms with E-state index < -0.39 is 35.0 Å². The third-order valence-corrected chi connectivity index (χ3v) is 5.32. The van der Waals surface area contributed by atoms with E-state index in [-0.39, 0.29) is 37.6 Å². The third-order valence-electron chi connectivity index (χ3n) is 5.32. The summed E-state index contributed by atoms with van der Waals surface area (Å²) in [5, 5.41) is 0.341. The Bertz CT molecular complexity index is 1140. The smallest absolute Gasteiger partial charge is 0.337 e. The number of alkyl halides is 3. The fourth-order valence-corrected chi connectivity index (χ4v) is 3.86. The molecule has 0 atom stereocenters. The van der Waals surface area contributed by atoms with Crippen LogP contribution in [0.5, 0.6) is 0 Å². The van der Waals surface area contributed by atoms with Gasteiger partial charge in [0.05, 0.1) is 11.1 Å². The first-order chi connectivity index (χ1) is 15.2. The second kappa shape index (κ2) is 9.96. The summed E-state index contributed by atoms with van der Waals surface area (Å²) in [7, 11) is 0. The number of fused-ring (bicyclic) bond motifs is 1. The lowest BCUT2D eigenvalue weighted by Crippen LogP contribution is -2.36. The van der Waals surface area contributed by atoms with E-state index in [0.717, 1.165) is 6.07 Å². The van der Waals surface area contributed by atoms with Crippen LogP contribution < -0.4 is 0 Å². The molecule has 1 saturated heterocycles. The number of benzene rings is 1. The number of hydrogen-bond donors (Lipinski definition) is 0. The summed E-state index contributed by atoms with van der Waals surface area (Å²) >= 11 is 0. The molecular weight excluding hydrogens is 467 g/mol. The van der Waals surface area contributed by atoms with E-state index in [1.165, 1.54) is 41.6 Å². The highest BCUT2D eigenvalue weighted by atomic mass is 35.5. The fourth-order valence-electron chi connectivity index (χ4n) is 3.86. The van der Waals surface area contributed by atoms with E-state index in [1.54, 1.807) is 0 Å². The quantitative estimate of drug-likeness (QED) is 0.504. The predicted octanol–water partition coefficient (Wildman–Crippen LogP) is 4.70. The van der Waals surface area contributed by atoms with Crippen molar-refractivity contribution >= 4 is 29.2 Å². The SMILES string of the molecule is Cl.O=C(c1cc2cnccc2nc1C(F)(F)F)N1CCCN(Cc2cc(F)cc(F)c2)CC1. The molecular formula is C22H20ClF5N4O. The van der Waals surface area contributed by atoms with E-state index in [4.69, 9.17) is 0 Å². The Hall–Kier alpha value is -2.85. The molecule has 33 heavy (non-hydrogen) atoms. The van der Waals surface area contributed by atoms with Crippen molar-refractivity contribution in [3.05, 3.63) is 71.2 Å². The lowest BCUT2D eigenvalue weighted by molar-refractivity contribution is -0.141. The first-order valence-electron chi connectivity index (χ1n) is 9.99. The van der Waals surface area contributed by atoms with Crippen LogP contribution in [0.3, 0.4) is 0 Å². The highest BCUT2D eigenvalue weighted by molar-refractivity contribution is 5.98. The number of rotatable bonds is 3. The number of nitrogens with zero attached hydrogens (tertiary/aromatic N) is 4. The van der Waals surface area contributed by atoms with Gasteiger partial charge in [0.2, 0.25) is 0 Å². The average molecular weight is 487 g/mol. The second-order valence-corrected chi connectivity index (χ2v) is 7.65. The van der Waals surface area contributed by atoms with Gasteiger partial charge in [-0.3, -0.25) is 14.7 Å². The summed E-state index contributed by atoms with van der Waals surface area (Å²) in [6.07, 6.45) is -1.58. The fraction of sp³-hybridized carbons (Fsp3) is 0.318. The van der Waals surface area contributed by atoms with Crippen LogP contribution in [-0.2, 0) is 12.7 Å². The molecule has 11 heteroatoms. The minimum Gasteiger partial charge on any atom is -0.337 e. The van der Waals surface area contributed by atoms with Crippen LogP contribution in [0.1, 0.15) is 28.0 Å². The number of amides is 1. The van der Waals surface area contributed by atoms with Gasteiger partial charge < -0.3 is 4.90 Å². The normalized spacial score (nSPS) is 15.2. The van der Waals surface area contributed by atoms with Crippen molar-refractivity contribution in [2.24, 2.45) is 0 Å². The van der Waals surface area contributed by atoms with Gasteiger partial charge in [-0.1, -0.05) is 0 Å². The molecule has 2 aromatic heterocycles. The first kappa shape index (κ1) is 24.8. The van der Waals surface area contributed by atoms with Crippen LogP contribution in [-0.4, -0.2) is 51.9 Å². The van der Waals surface area contributed by atoms with Gasteiger partial charge in [-0.05, 0) is 36.2 Å². The van der Waals surface area contributed by atoms with Gasteiger partial charge in [-0.2, -0.15) is 13.2 Å². The summed E-state index contributed by atoms with van der Waals surface area (Å²) in [6.45, 7) is 1.60. The Morgan fingerprint density at radius 2 is 1.73 bits per heavy atom. The van der Waals surface area contributed by atoms with Crippen molar-refractivity contribution in [2.75, 3.05) is 26.2 Å². The Morgan fingerprint density at radius 3 is 2.42 bits per heavy atom. The van der Waals surface area contributed by atoms with Crippen molar-refractivity contribution in [1.82, 2.24) is 19.8 Å². The van der Waals surface area contributed by atoms with E-state index in [0.29, 0.717) is 30.5 Å². The van der Waals surface area contributed by atoms with Crippen molar-refractivity contribution in [1.29, 1.82) is 0 Å². The number of hydrogen-bond acceptors (Lipinski definition) is 4. The summed E-state index contributed by atoms with van der Waals surface area (Å²) in [6, 6.07) is 5.80. The van der Waals surface area contributed by atoms with Crippen molar-refractivity contribution in [3.63, 3.8) is 0 Å². The minimum atomic E-state index is -4.79. The molecule has 1 aliphatic heterocycles. The standard InChI is InChI=1S/C22H19F5N4O.ClH/c23-16-8-14(9-17(24)11-16)13-30-4-1-5-31(7-6-30)21(32)18-10-15-12-28-3-2-19(15)29-20(18)22(25,26)27;/h2-3,8-12H,1,4-7,13H2;1H. The van der Waals surface area contributed by atoms with Crippen molar-refractivity contribution in [3.8, 4) is 0 Å². The zero-order chi connectivity index (χ0) is 22.9. The molecule has 0 N–H and O–H groups in total. The Kier molecular flexibility index (Phi) is 7.48. The molecule has 4 rings (SSSR count). The Morgan fingerprint density at radius 1 is 1.00 bits per heavy atom. The summed E-state index contributed by atoms with van der Waals surface area (Å²) < 4.78 is 67.8. The van der Waals surface area contributed by atoms with E-state index >= 15 is 0 Å².